The molecule has 0 atom stereocenters. The molecule has 1 rings (SSSR count). The minimum Gasteiger partial charge on any atom is -0.339 e. The Bertz CT molecular complexity index is 151. The van der Waals surface area contributed by atoms with E-state index in [0.29, 0.717) is 5.91 Å². The third-order valence-electron chi connectivity index (χ3n) is 1.73. The van der Waals surface area contributed by atoms with E-state index in [1.807, 2.05) is 24.0 Å². The number of allylic oxidation sites excluding steroid dienone is 1. The van der Waals surface area contributed by atoms with Crippen LogP contribution in [0.1, 0.15) is 19.8 Å². The maximum absolute atomic E-state index is 11.0. The van der Waals surface area contributed by atoms with Gasteiger partial charge >= 0.3 is 0 Å². The Morgan fingerprint density at radius 2 is 2.50 bits per heavy atom. The average molecular weight is 139 g/mol. The molecule has 0 radical (unpaired) electrons. The lowest BCUT2D eigenvalue weighted by molar-refractivity contribution is -0.127. The van der Waals surface area contributed by atoms with Gasteiger partial charge in [0.05, 0.1) is 0 Å². The number of carbonyl (C=O) groups is 1. The second-order valence-corrected chi connectivity index (χ2v) is 2.51. The predicted molar refractivity (Wildman–Crippen MR) is 40.6 cm³/mol. The highest BCUT2D eigenvalue weighted by molar-refractivity contribution is 5.78. The largest absolute Gasteiger partial charge is 0.339 e. The number of amides is 1. The average Bonchev–Trinajstić information content (AvgIpc) is 2.31. The van der Waals surface area contributed by atoms with Crippen molar-refractivity contribution in [2.24, 2.45) is 0 Å². The van der Waals surface area contributed by atoms with Gasteiger partial charge in [-0.1, -0.05) is 12.2 Å². The van der Waals surface area contributed by atoms with E-state index in [9.17, 15) is 4.79 Å². The van der Waals surface area contributed by atoms with Crippen LogP contribution in [0.4, 0.5) is 0 Å². The van der Waals surface area contributed by atoms with Gasteiger partial charge in [0, 0.05) is 19.5 Å². The second-order valence-electron chi connectivity index (χ2n) is 2.51. The first-order chi connectivity index (χ1) is 4.84. The van der Waals surface area contributed by atoms with Gasteiger partial charge in [0.15, 0.2) is 0 Å². The summed E-state index contributed by atoms with van der Waals surface area (Å²) in [6.45, 7) is 3.72. The minimum absolute atomic E-state index is 0.304. The standard InChI is InChI=1S/C8H13NO/c1-2-3-6-9-7-4-5-8(9)10/h2-3H,4-7H2,1H3. The first-order valence-electron chi connectivity index (χ1n) is 3.73. The molecule has 1 saturated heterocycles. The molecule has 56 valence electrons. The Hall–Kier alpha value is -0.790. The van der Waals surface area contributed by atoms with Gasteiger partial charge < -0.3 is 4.90 Å². The van der Waals surface area contributed by atoms with Crippen molar-refractivity contribution in [2.45, 2.75) is 19.8 Å². The Labute approximate surface area is 61.5 Å². The molecule has 0 unspecified atom stereocenters. The SMILES string of the molecule is CC=CCN1CCCC1=O. The maximum atomic E-state index is 11.0. The van der Waals surface area contributed by atoms with Crippen LogP contribution in [0.3, 0.4) is 0 Å². The van der Waals surface area contributed by atoms with Gasteiger partial charge in [-0.25, -0.2) is 0 Å². The summed E-state index contributed by atoms with van der Waals surface area (Å²) in [7, 11) is 0. The molecule has 1 aliphatic rings. The summed E-state index contributed by atoms with van der Waals surface area (Å²) in [6, 6.07) is 0. The molecule has 1 aliphatic heterocycles. The van der Waals surface area contributed by atoms with Crippen LogP contribution in [0, 0.1) is 0 Å². The van der Waals surface area contributed by atoms with Crippen LogP contribution < -0.4 is 0 Å². The Balaban J connectivity index is 2.33. The monoisotopic (exact) mass is 139 g/mol. The first kappa shape index (κ1) is 7.32. The predicted octanol–water partition coefficient (Wildman–Crippen LogP) is 1.18. The molecule has 1 amide bonds. The van der Waals surface area contributed by atoms with E-state index < -0.39 is 0 Å². The van der Waals surface area contributed by atoms with Crippen molar-refractivity contribution in [1.29, 1.82) is 0 Å². The second kappa shape index (κ2) is 3.40. The summed E-state index contributed by atoms with van der Waals surface area (Å²) < 4.78 is 0. The normalized spacial score (nSPS) is 19.3. The summed E-state index contributed by atoms with van der Waals surface area (Å²) in [5.41, 5.74) is 0. The lowest BCUT2D eigenvalue weighted by Gasteiger charge is -2.11. The van der Waals surface area contributed by atoms with Gasteiger partial charge in [-0.2, -0.15) is 0 Å². The smallest absolute Gasteiger partial charge is 0.222 e. The molecule has 0 saturated carbocycles. The van der Waals surface area contributed by atoms with E-state index in [4.69, 9.17) is 0 Å². The zero-order chi connectivity index (χ0) is 7.40. The van der Waals surface area contributed by atoms with Crippen LogP contribution in [-0.4, -0.2) is 23.9 Å². The fourth-order valence-corrected chi connectivity index (χ4v) is 1.13. The van der Waals surface area contributed by atoms with E-state index in [1.54, 1.807) is 0 Å². The van der Waals surface area contributed by atoms with Crippen LogP contribution >= 0.6 is 0 Å². The number of carbonyl (C=O) groups excluding carboxylic acids is 1. The van der Waals surface area contributed by atoms with E-state index in [2.05, 4.69) is 0 Å². The van der Waals surface area contributed by atoms with Gasteiger partial charge in [0.2, 0.25) is 5.91 Å². The zero-order valence-corrected chi connectivity index (χ0v) is 6.34. The van der Waals surface area contributed by atoms with Crippen molar-refractivity contribution in [1.82, 2.24) is 4.90 Å². The molecule has 0 aromatic carbocycles. The number of hydrogen-bond donors (Lipinski definition) is 0. The van der Waals surface area contributed by atoms with Crippen molar-refractivity contribution in [3.8, 4) is 0 Å². The van der Waals surface area contributed by atoms with Gasteiger partial charge in [-0.15, -0.1) is 0 Å². The molecule has 10 heavy (non-hydrogen) atoms. The molecule has 0 aromatic heterocycles. The number of rotatable bonds is 2. The van der Waals surface area contributed by atoms with E-state index in [1.165, 1.54) is 0 Å². The number of hydrogen-bond acceptors (Lipinski definition) is 1. The Kier molecular flexibility index (Phi) is 2.49. The number of likely N-dealkylation sites (tertiary alicyclic amines) is 1. The van der Waals surface area contributed by atoms with Gasteiger partial charge in [-0.05, 0) is 13.3 Å². The van der Waals surface area contributed by atoms with Crippen molar-refractivity contribution < 1.29 is 4.79 Å². The molecule has 2 nitrogen and oxygen atoms in total. The third-order valence-corrected chi connectivity index (χ3v) is 1.73. The molecule has 0 N–H and O–H groups in total. The quantitative estimate of drug-likeness (QED) is 0.526. The van der Waals surface area contributed by atoms with Crippen LogP contribution in [0.15, 0.2) is 12.2 Å². The topological polar surface area (TPSA) is 20.3 Å². The summed E-state index contributed by atoms with van der Waals surface area (Å²) in [5.74, 6) is 0.304. The fourth-order valence-electron chi connectivity index (χ4n) is 1.13. The zero-order valence-electron chi connectivity index (χ0n) is 6.34. The highest BCUT2D eigenvalue weighted by Gasteiger charge is 2.17. The number of nitrogens with zero attached hydrogens (tertiary/aromatic N) is 1. The van der Waals surface area contributed by atoms with Gasteiger partial charge in [-0.3, -0.25) is 4.79 Å². The van der Waals surface area contributed by atoms with Crippen molar-refractivity contribution in [2.75, 3.05) is 13.1 Å². The molecule has 0 spiro atoms. The van der Waals surface area contributed by atoms with Crippen LogP contribution in [0.2, 0.25) is 0 Å². The van der Waals surface area contributed by atoms with Crippen molar-refractivity contribution >= 4 is 5.91 Å². The molecule has 0 bridgehead atoms. The van der Waals surface area contributed by atoms with Crippen LogP contribution in [0.5, 0.6) is 0 Å². The summed E-state index contributed by atoms with van der Waals surface area (Å²) in [5, 5.41) is 0. The Morgan fingerprint density at radius 3 is 3.00 bits per heavy atom. The van der Waals surface area contributed by atoms with E-state index >= 15 is 0 Å². The summed E-state index contributed by atoms with van der Waals surface area (Å²) in [6.07, 6.45) is 5.78. The highest BCUT2D eigenvalue weighted by atomic mass is 16.2. The molecule has 1 heterocycles. The molecule has 0 aromatic rings. The lowest BCUT2D eigenvalue weighted by Crippen LogP contribution is -2.24. The van der Waals surface area contributed by atoms with Crippen molar-refractivity contribution in [3.63, 3.8) is 0 Å². The molecular weight excluding hydrogens is 126 g/mol. The first-order valence-corrected chi connectivity index (χ1v) is 3.73. The molecule has 1 fully saturated rings. The summed E-state index contributed by atoms with van der Waals surface area (Å²) >= 11 is 0. The molecule has 2 heteroatoms. The van der Waals surface area contributed by atoms with Gasteiger partial charge in [0.25, 0.3) is 0 Å². The lowest BCUT2D eigenvalue weighted by atomic mass is 10.4. The Morgan fingerprint density at radius 1 is 1.70 bits per heavy atom. The third kappa shape index (κ3) is 1.59. The summed E-state index contributed by atoms with van der Waals surface area (Å²) in [4.78, 5) is 12.9. The highest BCUT2D eigenvalue weighted by Crippen LogP contribution is 2.08. The molecule has 0 aliphatic carbocycles. The molecular formula is C8H13NO. The fraction of sp³-hybridized carbons (Fsp3) is 0.625. The maximum Gasteiger partial charge on any atom is 0.222 e. The van der Waals surface area contributed by atoms with Gasteiger partial charge in [0.1, 0.15) is 0 Å². The van der Waals surface area contributed by atoms with Crippen LogP contribution in [0.25, 0.3) is 0 Å². The van der Waals surface area contributed by atoms with Crippen molar-refractivity contribution in [3.05, 3.63) is 12.2 Å². The van der Waals surface area contributed by atoms with Crippen LogP contribution in [-0.2, 0) is 4.79 Å². The van der Waals surface area contributed by atoms with E-state index in [0.717, 1.165) is 25.9 Å². The van der Waals surface area contributed by atoms with E-state index in [-0.39, 0.29) is 0 Å². The minimum atomic E-state index is 0.304.